The summed E-state index contributed by atoms with van der Waals surface area (Å²) in [5.41, 5.74) is 2.43. The fraction of sp³-hybridized carbons (Fsp3) is 0.214. The average molecular weight is 197 g/mol. The van der Waals surface area contributed by atoms with Gasteiger partial charge in [-0.25, -0.2) is 0 Å². The minimum absolute atomic E-state index is 0.443. The Kier molecular flexibility index (Phi) is 3.13. The maximum Gasteiger partial charge on any atom is 0.0643 e. The van der Waals surface area contributed by atoms with E-state index in [0.717, 1.165) is 6.54 Å². The number of hydrogen-bond acceptors (Lipinski definition) is 1. The summed E-state index contributed by atoms with van der Waals surface area (Å²) in [5, 5.41) is 0. The van der Waals surface area contributed by atoms with Crippen molar-refractivity contribution in [1.82, 2.24) is 0 Å². The van der Waals surface area contributed by atoms with Gasteiger partial charge < -0.3 is 0 Å². The number of rotatable bonds is 2. The number of hydrogen-bond donors (Lipinski definition) is 0. The van der Waals surface area contributed by atoms with Gasteiger partial charge in [0.05, 0.1) is 6.54 Å². The van der Waals surface area contributed by atoms with Gasteiger partial charge in [0.25, 0.3) is 0 Å². The zero-order valence-electron chi connectivity index (χ0n) is 8.93. The zero-order valence-corrected chi connectivity index (χ0v) is 8.93. The molecule has 0 aliphatic heterocycles. The lowest BCUT2D eigenvalue weighted by atomic mass is 10.0. The van der Waals surface area contributed by atoms with Crippen molar-refractivity contribution >= 4 is 5.71 Å². The van der Waals surface area contributed by atoms with E-state index in [4.69, 9.17) is 0 Å². The van der Waals surface area contributed by atoms with Gasteiger partial charge in [-0.05, 0) is 11.6 Å². The van der Waals surface area contributed by atoms with E-state index in [1.807, 2.05) is 12.1 Å². The van der Waals surface area contributed by atoms with Crippen LogP contribution in [-0.2, 0) is 6.54 Å². The third kappa shape index (κ3) is 2.66. The van der Waals surface area contributed by atoms with E-state index in [-0.39, 0.29) is 0 Å². The molecule has 1 atom stereocenters. The quantitative estimate of drug-likeness (QED) is 0.689. The summed E-state index contributed by atoms with van der Waals surface area (Å²) >= 11 is 0. The van der Waals surface area contributed by atoms with Gasteiger partial charge in [0.1, 0.15) is 0 Å². The molecule has 0 aromatic heterocycles. The Balaban J connectivity index is 2.06. The molecule has 0 saturated carbocycles. The Morgan fingerprint density at radius 3 is 2.67 bits per heavy atom. The van der Waals surface area contributed by atoms with Gasteiger partial charge in [-0.3, -0.25) is 4.99 Å². The van der Waals surface area contributed by atoms with Crippen molar-refractivity contribution in [2.24, 2.45) is 10.9 Å². The van der Waals surface area contributed by atoms with Crippen molar-refractivity contribution in [2.75, 3.05) is 0 Å². The summed E-state index contributed by atoms with van der Waals surface area (Å²) in [5.74, 6) is 0.443. The molecule has 1 nitrogen and oxygen atoms in total. The Bertz CT molecular complexity index is 399. The van der Waals surface area contributed by atoms with Crippen LogP contribution in [-0.4, -0.2) is 5.71 Å². The molecule has 0 amide bonds. The van der Waals surface area contributed by atoms with Gasteiger partial charge in [-0.2, -0.15) is 0 Å². The third-order valence-corrected chi connectivity index (χ3v) is 2.53. The van der Waals surface area contributed by atoms with Crippen LogP contribution in [0, 0.1) is 5.92 Å². The van der Waals surface area contributed by atoms with Crippen molar-refractivity contribution in [3.8, 4) is 0 Å². The molecule has 76 valence electrons. The topological polar surface area (TPSA) is 12.4 Å². The highest BCUT2D eigenvalue weighted by atomic mass is 14.7. The van der Waals surface area contributed by atoms with Crippen molar-refractivity contribution in [3.05, 3.63) is 60.2 Å². The lowest BCUT2D eigenvalue weighted by molar-refractivity contribution is 0.956. The Morgan fingerprint density at radius 2 is 1.93 bits per heavy atom. The van der Waals surface area contributed by atoms with Crippen molar-refractivity contribution < 1.29 is 0 Å². The van der Waals surface area contributed by atoms with Crippen LogP contribution in [0.3, 0.4) is 0 Å². The number of benzene rings is 1. The maximum atomic E-state index is 4.61. The minimum atomic E-state index is 0.443. The lowest BCUT2D eigenvalue weighted by Gasteiger charge is -2.09. The standard InChI is InChI=1S/C14H15N/c1-12-7-5-6-10-14(12)15-11-13-8-3-2-4-9-13/h2-10,12H,11H2,1H3. The summed E-state index contributed by atoms with van der Waals surface area (Å²) < 4.78 is 0. The van der Waals surface area contributed by atoms with Gasteiger partial charge in [0.2, 0.25) is 0 Å². The molecule has 0 spiro atoms. The second-order valence-electron chi connectivity index (χ2n) is 3.76. The normalized spacial score (nSPS) is 22.2. The second-order valence-corrected chi connectivity index (χ2v) is 3.76. The molecule has 2 rings (SSSR count). The smallest absolute Gasteiger partial charge is 0.0643 e. The first-order chi connectivity index (χ1) is 7.36. The lowest BCUT2D eigenvalue weighted by Crippen LogP contribution is -2.08. The third-order valence-electron chi connectivity index (χ3n) is 2.53. The number of nitrogens with zero attached hydrogens (tertiary/aromatic N) is 1. The van der Waals surface area contributed by atoms with Crippen LogP contribution >= 0.6 is 0 Å². The molecule has 0 heterocycles. The highest BCUT2D eigenvalue weighted by molar-refractivity contribution is 5.98. The molecule has 15 heavy (non-hydrogen) atoms. The fourth-order valence-corrected chi connectivity index (χ4v) is 1.60. The molecule has 0 radical (unpaired) electrons. The molecule has 0 bridgehead atoms. The van der Waals surface area contributed by atoms with E-state index in [1.54, 1.807) is 0 Å². The van der Waals surface area contributed by atoms with Crippen LogP contribution in [0.5, 0.6) is 0 Å². The number of aliphatic imine (C=N–C) groups is 1. The highest BCUT2D eigenvalue weighted by Gasteiger charge is 2.05. The minimum Gasteiger partial charge on any atom is -0.284 e. The van der Waals surface area contributed by atoms with Gasteiger partial charge in [0.15, 0.2) is 0 Å². The molecule has 1 aromatic rings. The van der Waals surface area contributed by atoms with Gasteiger partial charge in [-0.15, -0.1) is 0 Å². The number of allylic oxidation sites excluding steroid dienone is 4. The highest BCUT2D eigenvalue weighted by Crippen LogP contribution is 2.10. The van der Waals surface area contributed by atoms with Crippen LogP contribution in [0.4, 0.5) is 0 Å². The second kappa shape index (κ2) is 4.74. The van der Waals surface area contributed by atoms with E-state index < -0.39 is 0 Å². The predicted octanol–water partition coefficient (Wildman–Crippen LogP) is 3.39. The molecule has 1 aromatic carbocycles. The summed E-state index contributed by atoms with van der Waals surface area (Å²) in [6.07, 6.45) is 8.38. The van der Waals surface area contributed by atoms with Gasteiger partial charge in [-0.1, -0.05) is 55.5 Å². The zero-order chi connectivity index (χ0) is 10.5. The Labute approximate surface area is 90.9 Å². The van der Waals surface area contributed by atoms with E-state index in [9.17, 15) is 0 Å². The summed E-state index contributed by atoms with van der Waals surface area (Å²) in [4.78, 5) is 4.61. The van der Waals surface area contributed by atoms with E-state index in [0.29, 0.717) is 5.92 Å². The van der Waals surface area contributed by atoms with Crippen LogP contribution in [0.1, 0.15) is 12.5 Å². The summed E-state index contributed by atoms with van der Waals surface area (Å²) in [6.45, 7) is 2.95. The van der Waals surface area contributed by atoms with E-state index in [2.05, 4.69) is 54.4 Å². The summed E-state index contributed by atoms with van der Waals surface area (Å²) in [6, 6.07) is 10.3. The molecule has 0 fully saturated rings. The molecule has 1 aliphatic rings. The van der Waals surface area contributed by atoms with E-state index >= 15 is 0 Å². The van der Waals surface area contributed by atoms with Crippen molar-refractivity contribution in [2.45, 2.75) is 13.5 Å². The summed E-state index contributed by atoms with van der Waals surface area (Å²) in [7, 11) is 0. The molecule has 1 aliphatic carbocycles. The van der Waals surface area contributed by atoms with Crippen molar-refractivity contribution in [3.63, 3.8) is 0 Å². The van der Waals surface area contributed by atoms with Crippen molar-refractivity contribution in [1.29, 1.82) is 0 Å². The molecule has 0 N–H and O–H groups in total. The first-order valence-electron chi connectivity index (χ1n) is 5.29. The van der Waals surface area contributed by atoms with Gasteiger partial charge >= 0.3 is 0 Å². The largest absolute Gasteiger partial charge is 0.284 e. The SMILES string of the molecule is CC1C=CC=CC1=NCc1ccccc1. The fourth-order valence-electron chi connectivity index (χ4n) is 1.60. The van der Waals surface area contributed by atoms with Gasteiger partial charge in [0, 0.05) is 11.6 Å². The first-order valence-corrected chi connectivity index (χ1v) is 5.29. The Morgan fingerprint density at radius 1 is 1.13 bits per heavy atom. The van der Waals surface area contributed by atoms with Crippen LogP contribution in [0.2, 0.25) is 0 Å². The monoisotopic (exact) mass is 197 g/mol. The first kappa shape index (κ1) is 9.91. The molecular weight excluding hydrogens is 182 g/mol. The average Bonchev–Trinajstić information content (AvgIpc) is 2.29. The van der Waals surface area contributed by atoms with E-state index in [1.165, 1.54) is 11.3 Å². The molecule has 1 heteroatoms. The Hall–Kier alpha value is -1.63. The van der Waals surface area contributed by atoms with Crippen LogP contribution in [0.15, 0.2) is 59.6 Å². The molecule has 0 saturated heterocycles. The maximum absolute atomic E-state index is 4.61. The van der Waals surface area contributed by atoms with Crippen LogP contribution in [0.25, 0.3) is 0 Å². The molecule has 1 unspecified atom stereocenters. The predicted molar refractivity (Wildman–Crippen MR) is 65.0 cm³/mol. The van der Waals surface area contributed by atoms with Crippen LogP contribution < -0.4 is 0 Å². The molecular formula is C14H15N.